The number of hydrogen-bond donors (Lipinski definition) is 0. The highest BCUT2D eigenvalue weighted by Gasteiger charge is 2.28. The van der Waals surface area contributed by atoms with Gasteiger partial charge in [0, 0.05) is 49.9 Å². The molecule has 2 aliphatic rings. The maximum absolute atomic E-state index is 12.8. The Bertz CT molecular complexity index is 770. The van der Waals surface area contributed by atoms with Gasteiger partial charge in [0.15, 0.2) is 0 Å². The molecule has 4 rings (SSSR count). The van der Waals surface area contributed by atoms with Gasteiger partial charge in [0.2, 0.25) is 5.91 Å². The number of carbonyl (C=O) groups excluding carboxylic acids is 1. The van der Waals surface area contributed by atoms with Gasteiger partial charge in [0.05, 0.1) is 5.69 Å². The van der Waals surface area contributed by atoms with Crippen molar-refractivity contribution >= 4 is 5.91 Å². The van der Waals surface area contributed by atoms with Gasteiger partial charge in [-0.15, -0.1) is 0 Å². The van der Waals surface area contributed by atoms with Crippen LogP contribution in [0.15, 0.2) is 16.9 Å². The molecule has 1 saturated heterocycles. The van der Waals surface area contributed by atoms with Gasteiger partial charge < -0.3 is 14.0 Å². The molecule has 2 aromatic rings. The smallest absolute Gasteiger partial charge is 0.222 e. The van der Waals surface area contributed by atoms with E-state index in [4.69, 9.17) is 4.52 Å². The number of aryl methyl sites for hydroxylation is 2. The molecule has 2 fully saturated rings. The summed E-state index contributed by atoms with van der Waals surface area (Å²) in [5.41, 5.74) is 1.97. The molecule has 6 nitrogen and oxygen atoms in total. The number of carbonyl (C=O) groups is 1. The van der Waals surface area contributed by atoms with Gasteiger partial charge in [-0.3, -0.25) is 4.79 Å². The molecule has 1 atom stereocenters. The van der Waals surface area contributed by atoms with E-state index in [9.17, 15) is 4.79 Å². The van der Waals surface area contributed by atoms with Gasteiger partial charge in [-0.25, -0.2) is 4.98 Å². The second kappa shape index (κ2) is 7.87. The number of aromatic nitrogens is 3. The average molecular weight is 370 g/mol. The van der Waals surface area contributed by atoms with Crippen LogP contribution in [0, 0.1) is 19.8 Å². The number of hydrogen-bond acceptors (Lipinski definition) is 4. The molecule has 0 aromatic carbocycles. The zero-order chi connectivity index (χ0) is 18.8. The molecule has 1 aliphatic heterocycles. The number of rotatable bonds is 6. The quantitative estimate of drug-likeness (QED) is 0.779. The summed E-state index contributed by atoms with van der Waals surface area (Å²) in [6.45, 7) is 6.60. The van der Waals surface area contributed by atoms with Crippen LogP contribution in [0.25, 0.3) is 0 Å². The van der Waals surface area contributed by atoms with Gasteiger partial charge in [-0.05, 0) is 51.9 Å². The number of likely N-dealkylation sites (tertiary alicyclic amines) is 1. The summed E-state index contributed by atoms with van der Waals surface area (Å²) in [5, 5.41) is 3.99. The summed E-state index contributed by atoms with van der Waals surface area (Å²) in [6, 6.07) is 0. The first-order valence-electron chi connectivity index (χ1n) is 10.3. The lowest BCUT2D eigenvalue weighted by molar-refractivity contribution is -0.132. The van der Waals surface area contributed by atoms with Crippen LogP contribution in [0.5, 0.6) is 0 Å². The molecule has 2 aromatic heterocycles. The van der Waals surface area contributed by atoms with E-state index in [1.165, 1.54) is 25.1 Å². The second-order valence-corrected chi connectivity index (χ2v) is 8.22. The number of imidazole rings is 1. The van der Waals surface area contributed by atoms with Crippen molar-refractivity contribution in [3.63, 3.8) is 0 Å². The fourth-order valence-electron chi connectivity index (χ4n) is 4.45. The van der Waals surface area contributed by atoms with Crippen LogP contribution < -0.4 is 0 Å². The normalized spacial score (nSPS) is 20.7. The third kappa shape index (κ3) is 3.94. The molecule has 0 unspecified atom stereocenters. The van der Waals surface area contributed by atoms with Crippen molar-refractivity contribution in [1.29, 1.82) is 0 Å². The minimum absolute atomic E-state index is 0.233. The Morgan fingerprint density at radius 1 is 1.26 bits per heavy atom. The van der Waals surface area contributed by atoms with E-state index in [0.29, 0.717) is 18.8 Å². The molecule has 1 saturated carbocycles. The van der Waals surface area contributed by atoms with Gasteiger partial charge in [0.1, 0.15) is 11.6 Å². The maximum Gasteiger partial charge on any atom is 0.222 e. The third-order valence-corrected chi connectivity index (χ3v) is 6.34. The number of piperidine rings is 1. The van der Waals surface area contributed by atoms with E-state index < -0.39 is 0 Å². The van der Waals surface area contributed by atoms with Crippen molar-refractivity contribution in [2.24, 2.45) is 5.92 Å². The maximum atomic E-state index is 12.8. The lowest BCUT2D eigenvalue weighted by Gasteiger charge is -2.34. The molecular weight excluding hydrogens is 340 g/mol. The first-order chi connectivity index (χ1) is 13.1. The number of nitrogens with zero attached hydrogens (tertiary/aromatic N) is 4. The first-order valence-corrected chi connectivity index (χ1v) is 10.3. The van der Waals surface area contributed by atoms with Crippen LogP contribution >= 0.6 is 0 Å². The van der Waals surface area contributed by atoms with Crippen molar-refractivity contribution in [3.8, 4) is 0 Å². The molecule has 0 N–H and O–H groups in total. The summed E-state index contributed by atoms with van der Waals surface area (Å²) < 4.78 is 7.55. The fraction of sp³-hybridized carbons (Fsp3) is 0.667. The van der Waals surface area contributed by atoms with Crippen LogP contribution in [0.2, 0.25) is 0 Å². The summed E-state index contributed by atoms with van der Waals surface area (Å²) in [6.07, 6.45) is 11.5. The molecule has 6 heteroatoms. The van der Waals surface area contributed by atoms with Crippen molar-refractivity contribution in [1.82, 2.24) is 19.6 Å². The Hall–Kier alpha value is -2.11. The van der Waals surface area contributed by atoms with Gasteiger partial charge in [-0.2, -0.15) is 0 Å². The van der Waals surface area contributed by atoms with Crippen molar-refractivity contribution < 1.29 is 9.32 Å². The molecule has 1 amide bonds. The zero-order valence-corrected chi connectivity index (χ0v) is 16.5. The van der Waals surface area contributed by atoms with Crippen molar-refractivity contribution in [3.05, 3.63) is 35.2 Å². The molecule has 0 bridgehead atoms. The van der Waals surface area contributed by atoms with Gasteiger partial charge in [-0.1, -0.05) is 11.6 Å². The largest absolute Gasteiger partial charge is 0.361 e. The van der Waals surface area contributed by atoms with Crippen LogP contribution in [-0.4, -0.2) is 38.6 Å². The molecule has 1 aliphatic carbocycles. The van der Waals surface area contributed by atoms with E-state index >= 15 is 0 Å². The Morgan fingerprint density at radius 2 is 2.11 bits per heavy atom. The summed E-state index contributed by atoms with van der Waals surface area (Å²) >= 11 is 0. The SMILES string of the molecule is Cc1noc(C)c1CCC(=O)N1CCC[C@H](c2nccn2CC2CCC2)C1. The monoisotopic (exact) mass is 370 g/mol. The highest BCUT2D eigenvalue weighted by Crippen LogP contribution is 2.31. The van der Waals surface area contributed by atoms with Crippen molar-refractivity contribution in [2.45, 2.75) is 71.3 Å². The third-order valence-electron chi connectivity index (χ3n) is 6.34. The first kappa shape index (κ1) is 18.3. The standard InChI is InChI=1S/C21H30N4O2/c1-15-19(16(2)27-23-15)8-9-20(26)24-11-4-7-18(14-24)21-22-10-12-25(21)13-17-5-3-6-17/h10,12,17-18H,3-9,11,13-14H2,1-2H3/t18-/m0/s1. The minimum Gasteiger partial charge on any atom is -0.361 e. The van der Waals surface area contributed by atoms with E-state index in [0.717, 1.165) is 55.4 Å². The molecule has 146 valence electrons. The van der Waals surface area contributed by atoms with Crippen LogP contribution in [0.1, 0.15) is 67.3 Å². The Kier molecular flexibility index (Phi) is 5.32. The molecule has 0 spiro atoms. The highest BCUT2D eigenvalue weighted by molar-refractivity contribution is 5.76. The van der Waals surface area contributed by atoms with Crippen molar-refractivity contribution in [2.75, 3.05) is 13.1 Å². The Balaban J connectivity index is 1.36. The topological polar surface area (TPSA) is 64.2 Å². The van der Waals surface area contributed by atoms with E-state index in [1.54, 1.807) is 0 Å². The fourth-order valence-corrected chi connectivity index (χ4v) is 4.45. The summed E-state index contributed by atoms with van der Waals surface area (Å²) in [5.74, 6) is 3.41. The highest BCUT2D eigenvalue weighted by atomic mass is 16.5. The second-order valence-electron chi connectivity index (χ2n) is 8.22. The predicted molar refractivity (Wildman–Crippen MR) is 102 cm³/mol. The van der Waals surface area contributed by atoms with Crippen LogP contribution in [0.4, 0.5) is 0 Å². The lowest BCUT2D eigenvalue weighted by Crippen LogP contribution is -2.40. The lowest BCUT2D eigenvalue weighted by atomic mass is 9.85. The molecule has 3 heterocycles. The zero-order valence-electron chi connectivity index (χ0n) is 16.5. The minimum atomic E-state index is 0.233. The summed E-state index contributed by atoms with van der Waals surface area (Å²) in [4.78, 5) is 19.5. The predicted octanol–water partition coefficient (Wildman–Crippen LogP) is 3.63. The van der Waals surface area contributed by atoms with Crippen LogP contribution in [-0.2, 0) is 17.8 Å². The van der Waals surface area contributed by atoms with E-state index in [2.05, 4.69) is 20.9 Å². The van der Waals surface area contributed by atoms with Crippen LogP contribution in [0.3, 0.4) is 0 Å². The Morgan fingerprint density at radius 3 is 2.81 bits per heavy atom. The van der Waals surface area contributed by atoms with E-state index in [1.807, 2.05) is 24.9 Å². The molecule has 27 heavy (non-hydrogen) atoms. The summed E-state index contributed by atoms with van der Waals surface area (Å²) in [7, 11) is 0. The van der Waals surface area contributed by atoms with Gasteiger partial charge >= 0.3 is 0 Å². The van der Waals surface area contributed by atoms with E-state index in [-0.39, 0.29) is 5.91 Å². The molecular formula is C21H30N4O2. The number of amides is 1. The van der Waals surface area contributed by atoms with Gasteiger partial charge in [0.25, 0.3) is 0 Å². The average Bonchev–Trinajstić information content (AvgIpc) is 3.23. The Labute approximate surface area is 160 Å². The molecule has 0 radical (unpaired) electrons.